The summed E-state index contributed by atoms with van der Waals surface area (Å²) in [5.74, 6) is 2.92. The highest BCUT2D eigenvalue weighted by molar-refractivity contribution is 5.84. The van der Waals surface area contributed by atoms with E-state index < -0.39 is 0 Å². The van der Waals surface area contributed by atoms with Crippen molar-refractivity contribution < 1.29 is 23.8 Å². The molecular formula is C25H28N2O5. The number of amides is 2. The molecule has 2 aromatic carbocycles. The van der Waals surface area contributed by atoms with E-state index in [4.69, 9.17) is 14.2 Å². The molecule has 7 heteroatoms. The second kappa shape index (κ2) is 8.73. The van der Waals surface area contributed by atoms with Crippen LogP contribution in [0.2, 0.25) is 0 Å². The predicted octanol–water partition coefficient (Wildman–Crippen LogP) is 2.83. The SMILES string of the molecule is CCOc1ccc(CC(=O)N2CCN(C(=O)C3CC3c3ccc4c(c3)OCO4)CC2)cc1. The van der Waals surface area contributed by atoms with E-state index in [0.29, 0.717) is 39.2 Å². The van der Waals surface area contributed by atoms with Crippen LogP contribution < -0.4 is 14.2 Å². The fourth-order valence-electron chi connectivity index (χ4n) is 4.55. The van der Waals surface area contributed by atoms with Crippen molar-refractivity contribution in [1.82, 2.24) is 9.80 Å². The van der Waals surface area contributed by atoms with Crippen LogP contribution in [0.4, 0.5) is 0 Å². The first-order valence-corrected chi connectivity index (χ1v) is 11.3. The fraction of sp³-hybridized carbons (Fsp3) is 0.440. The van der Waals surface area contributed by atoms with Gasteiger partial charge in [0.05, 0.1) is 13.0 Å². The van der Waals surface area contributed by atoms with Crippen molar-refractivity contribution in [2.45, 2.75) is 25.7 Å². The van der Waals surface area contributed by atoms with Crippen LogP contribution in [-0.4, -0.2) is 61.2 Å². The van der Waals surface area contributed by atoms with Crippen LogP contribution in [0.3, 0.4) is 0 Å². The number of carbonyl (C=O) groups is 2. The number of ether oxygens (including phenoxy) is 3. The highest BCUT2D eigenvalue weighted by Crippen LogP contribution is 2.50. The van der Waals surface area contributed by atoms with Gasteiger partial charge in [0.1, 0.15) is 5.75 Å². The molecule has 2 heterocycles. The molecule has 0 radical (unpaired) electrons. The van der Waals surface area contributed by atoms with Gasteiger partial charge in [0.2, 0.25) is 18.6 Å². The standard InChI is InChI=1S/C25H28N2O5/c1-2-30-19-6-3-17(4-7-19)13-24(28)26-9-11-27(12-10-26)25(29)21-15-20(21)18-5-8-22-23(14-18)32-16-31-22/h3-8,14,20-21H,2,9-13,15-16H2,1H3. The van der Waals surface area contributed by atoms with Gasteiger partial charge in [-0.1, -0.05) is 18.2 Å². The number of benzene rings is 2. The van der Waals surface area contributed by atoms with Gasteiger partial charge in [0.25, 0.3) is 0 Å². The number of carbonyl (C=O) groups excluding carboxylic acids is 2. The molecule has 1 saturated heterocycles. The van der Waals surface area contributed by atoms with Crippen molar-refractivity contribution in [2.24, 2.45) is 5.92 Å². The molecule has 0 aromatic heterocycles. The molecule has 2 fully saturated rings. The zero-order chi connectivity index (χ0) is 22.1. The first kappa shape index (κ1) is 20.7. The maximum atomic E-state index is 13.0. The van der Waals surface area contributed by atoms with Crippen LogP contribution in [0.1, 0.15) is 30.4 Å². The number of hydrogen-bond acceptors (Lipinski definition) is 5. The molecule has 0 bridgehead atoms. The molecule has 168 valence electrons. The molecule has 0 spiro atoms. The molecule has 5 rings (SSSR count). The third-order valence-electron chi connectivity index (χ3n) is 6.47. The minimum atomic E-state index is 0.0291. The van der Waals surface area contributed by atoms with Gasteiger partial charge in [-0.25, -0.2) is 0 Å². The second-order valence-corrected chi connectivity index (χ2v) is 8.52. The molecule has 32 heavy (non-hydrogen) atoms. The monoisotopic (exact) mass is 436 g/mol. The normalized spacial score (nSPS) is 21.4. The molecule has 0 N–H and O–H groups in total. The van der Waals surface area contributed by atoms with Crippen molar-refractivity contribution in [3.63, 3.8) is 0 Å². The molecule has 2 unspecified atom stereocenters. The Hall–Kier alpha value is -3.22. The lowest BCUT2D eigenvalue weighted by Gasteiger charge is -2.35. The topological polar surface area (TPSA) is 68.3 Å². The van der Waals surface area contributed by atoms with Crippen LogP contribution in [0, 0.1) is 5.92 Å². The molecule has 1 aliphatic carbocycles. The molecule has 2 aromatic rings. The summed E-state index contributed by atoms with van der Waals surface area (Å²) in [5.41, 5.74) is 2.11. The van der Waals surface area contributed by atoms with Crippen LogP contribution in [0.5, 0.6) is 17.2 Å². The summed E-state index contributed by atoms with van der Waals surface area (Å²) in [4.78, 5) is 29.5. The van der Waals surface area contributed by atoms with E-state index in [1.54, 1.807) is 0 Å². The van der Waals surface area contributed by atoms with E-state index in [9.17, 15) is 9.59 Å². The Kier molecular flexibility index (Phi) is 5.64. The molecule has 2 aliphatic heterocycles. The molecule has 2 amide bonds. The van der Waals surface area contributed by atoms with E-state index in [1.165, 1.54) is 0 Å². The summed E-state index contributed by atoms with van der Waals surface area (Å²) in [5, 5.41) is 0. The van der Waals surface area contributed by atoms with Crippen LogP contribution in [0.25, 0.3) is 0 Å². The second-order valence-electron chi connectivity index (χ2n) is 8.52. The Morgan fingerprint density at radius 3 is 2.44 bits per heavy atom. The van der Waals surface area contributed by atoms with Crippen LogP contribution in [-0.2, 0) is 16.0 Å². The zero-order valence-corrected chi connectivity index (χ0v) is 18.3. The average Bonchev–Trinajstić information content (AvgIpc) is 3.49. The first-order valence-electron chi connectivity index (χ1n) is 11.3. The van der Waals surface area contributed by atoms with Gasteiger partial charge in [-0.05, 0) is 54.7 Å². The van der Waals surface area contributed by atoms with Crippen molar-refractivity contribution in [2.75, 3.05) is 39.6 Å². The minimum absolute atomic E-state index is 0.0291. The number of fused-ring (bicyclic) bond motifs is 1. The average molecular weight is 437 g/mol. The molecule has 2 atom stereocenters. The Morgan fingerprint density at radius 1 is 0.969 bits per heavy atom. The van der Waals surface area contributed by atoms with Crippen molar-refractivity contribution in [3.05, 3.63) is 53.6 Å². The summed E-state index contributed by atoms with van der Waals surface area (Å²) in [6.45, 7) is 5.19. The zero-order valence-electron chi connectivity index (χ0n) is 18.3. The Bertz CT molecular complexity index is 998. The molecule has 1 saturated carbocycles. The lowest BCUT2D eigenvalue weighted by molar-refractivity contribution is -0.140. The maximum Gasteiger partial charge on any atom is 0.231 e. The predicted molar refractivity (Wildman–Crippen MR) is 118 cm³/mol. The lowest BCUT2D eigenvalue weighted by atomic mass is 10.1. The van der Waals surface area contributed by atoms with Gasteiger partial charge in [-0.3, -0.25) is 9.59 Å². The Balaban J connectivity index is 1.11. The van der Waals surface area contributed by atoms with Crippen molar-refractivity contribution in [1.29, 1.82) is 0 Å². The third-order valence-corrected chi connectivity index (χ3v) is 6.47. The Labute approximate surface area is 187 Å². The van der Waals surface area contributed by atoms with Crippen molar-refractivity contribution in [3.8, 4) is 17.2 Å². The summed E-state index contributed by atoms with van der Waals surface area (Å²) < 4.78 is 16.3. The van der Waals surface area contributed by atoms with Crippen LogP contribution in [0.15, 0.2) is 42.5 Å². The van der Waals surface area contributed by atoms with E-state index in [0.717, 1.165) is 34.8 Å². The van der Waals surface area contributed by atoms with Gasteiger partial charge in [0, 0.05) is 32.1 Å². The highest BCUT2D eigenvalue weighted by atomic mass is 16.7. The van der Waals surface area contributed by atoms with Crippen LogP contribution >= 0.6 is 0 Å². The van der Waals surface area contributed by atoms with Gasteiger partial charge < -0.3 is 24.0 Å². The third kappa shape index (κ3) is 4.24. The quantitative estimate of drug-likeness (QED) is 0.697. The summed E-state index contributed by atoms with van der Waals surface area (Å²) in [6, 6.07) is 13.6. The van der Waals surface area contributed by atoms with Crippen molar-refractivity contribution >= 4 is 11.8 Å². The minimum Gasteiger partial charge on any atom is -0.494 e. The molecule has 7 nitrogen and oxygen atoms in total. The van der Waals surface area contributed by atoms with E-state index in [2.05, 4.69) is 0 Å². The van der Waals surface area contributed by atoms with Gasteiger partial charge in [-0.2, -0.15) is 0 Å². The Morgan fingerprint density at radius 2 is 1.69 bits per heavy atom. The smallest absolute Gasteiger partial charge is 0.231 e. The first-order chi connectivity index (χ1) is 15.6. The largest absolute Gasteiger partial charge is 0.494 e. The number of rotatable bonds is 6. The van der Waals surface area contributed by atoms with Gasteiger partial charge in [0.15, 0.2) is 11.5 Å². The van der Waals surface area contributed by atoms with E-state index in [1.807, 2.05) is 59.2 Å². The van der Waals surface area contributed by atoms with E-state index in [-0.39, 0.29) is 30.4 Å². The lowest BCUT2D eigenvalue weighted by Crippen LogP contribution is -2.51. The van der Waals surface area contributed by atoms with Gasteiger partial charge >= 0.3 is 0 Å². The number of nitrogens with zero attached hydrogens (tertiary/aromatic N) is 2. The summed E-state index contributed by atoms with van der Waals surface area (Å²) >= 11 is 0. The summed E-state index contributed by atoms with van der Waals surface area (Å²) in [7, 11) is 0. The molecule has 3 aliphatic rings. The van der Waals surface area contributed by atoms with Gasteiger partial charge in [-0.15, -0.1) is 0 Å². The summed E-state index contributed by atoms with van der Waals surface area (Å²) in [6.07, 6.45) is 1.24. The highest BCUT2D eigenvalue weighted by Gasteiger charge is 2.46. The molecular weight excluding hydrogens is 408 g/mol. The number of hydrogen-bond donors (Lipinski definition) is 0. The van der Waals surface area contributed by atoms with E-state index >= 15 is 0 Å². The fourth-order valence-corrected chi connectivity index (χ4v) is 4.55. The number of piperazine rings is 1. The maximum absolute atomic E-state index is 13.0.